The molecule has 3 heteroatoms. The van der Waals surface area contributed by atoms with Gasteiger partial charge in [0.1, 0.15) is 0 Å². The van der Waals surface area contributed by atoms with Crippen molar-refractivity contribution in [1.29, 1.82) is 0 Å². The number of carbonyl (C=O) groups excluding carboxylic acids is 1. The summed E-state index contributed by atoms with van der Waals surface area (Å²) in [4.78, 5) is 13.1. The third-order valence-corrected chi connectivity index (χ3v) is 2.12. The van der Waals surface area contributed by atoms with Gasteiger partial charge in [-0.25, -0.2) is 0 Å². The van der Waals surface area contributed by atoms with Crippen LogP contribution in [-0.2, 0) is 4.79 Å². The van der Waals surface area contributed by atoms with Crippen LogP contribution in [0, 0.1) is 5.41 Å². The van der Waals surface area contributed by atoms with Gasteiger partial charge in [0, 0.05) is 25.9 Å². The summed E-state index contributed by atoms with van der Waals surface area (Å²) in [6.45, 7) is 7.34. The number of amides is 1. The normalized spacial score (nSPS) is 11.5. The lowest BCUT2D eigenvalue weighted by molar-refractivity contribution is -0.129. The Bertz CT molecular complexity index is 163. The molecule has 13 heavy (non-hydrogen) atoms. The van der Waals surface area contributed by atoms with E-state index in [4.69, 9.17) is 11.6 Å². The summed E-state index contributed by atoms with van der Waals surface area (Å²) >= 11 is 5.48. The van der Waals surface area contributed by atoms with E-state index >= 15 is 0 Å². The zero-order chi connectivity index (χ0) is 10.5. The van der Waals surface area contributed by atoms with Crippen LogP contribution in [0.3, 0.4) is 0 Å². The molecule has 0 aromatic rings. The van der Waals surface area contributed by atoms with Crippen LogP contribution in [0.15, 0.2) is 0 Å². The van der Waals surface area contributed by atoms with E-state index in [0.717, 1.165) is 13.0 Å². The molecule has 0 aliphatic heterocycles. The van der Waals surface area contributed by atoms with Crippen LogP contribution in [0.1, 0.15) is 33.6 Å². The lowest BCUT2D eigenvalue weighted by atomic mass is 9.92. The Hall–Kier alpha value is -0.240. The fraction of sp³-hybridized carbons (Fsp3) is 0.900. The van der Waals surface area contributed by atoms with Gasteiger partial charge in [0.05, 0.1) is 0 Å². The van der Waals surface area contributed by atoms with Crippen LogP contribution < -0.4 is 0 Å². The molecule has 2 nitrogen and oxygen atoms in total. The maximum Gasteiger partial charge on any atom is 0.223 e. The van der Waals surface area contributed by atoms with Crippen LogP contribution in [0.4, 0.5) is 0 Å². The third-order valence-electron chi connectivity index (χ3n) is 1.93. The third kappa shape index (κ3) is 6.88. The largest absolute Gasteiger partial charge is 0.346 e. The summed E-state index contributed by atoms with van der Waals surface area (Å²) in [5.74, 6) is 0.554. The van der Waals surface area contributed by atoms with Gasteiger partial charge in [-0.3, -0.25) is 4.79 Å². The number of hydrogen-bond donors (Lipinski definition) is 0. The molecule has 0 atom stereocenters. The summed E-state index contributed by atoms with van der Waals surface area (Å²) in [7, 11) is 1.83. The van der Waals surface area contributed by atoms with Gasteiger partial charge in [-0.05, 0) is 11.8 Å². The smallest absolute Gasteiger partial charge is 0.223 e. The van der Waals surface area contributed by atoms with Crippen molar-refractivity contribution < 1.29 is 4.79 Å². The Morgan fingerprint density at radius 2 is 1.92 bits per heavy atom. The Labute approximate surface area is 86.2 Å². The number of alkyl halides is 1. The van der Waals surface area contributed by atoms with Gasteiger partial charge in [-0.2, -0.15) is 0 Å². The Morgan fingerprint density at radius 3 is 2.31 bits per heavy atom. The van der Waals surface area contributed by atoms with E-state index in [2.05, 4.69) is 20.8 Å². The van der Waals surface area contributed by atoms with Crippen LogP contribution in [0.5, 0.6) is 0 Å². The minimum atomic E-state index is 0.138. The average molecular weight is 206 g/mol. The van der Waals surface area contributed by atoms with E-state index < -0.39 is 0 Å². The number of nitrogens with zero attached hydrogens (tertiary/aromatic N) is 1. The number of rotatable bonds is 4. The minimum Gasteiger partial charge on any atom is -0.346 e. The summed E-state index contributed by atoms with van der Waals surface area (Å²) < 4.78 is 0. The Morgan fingerprint density at radius 1 is 1.38 bits per heavy atom. The van der Waals surface area contributed by atoms with Crippen molar-refractivity contribution in [3.05, 3.63) is 0 Å². The second-order valence-corrected chi connectivity index (χ2v) is 4.94. The highest BCUT2D eigenvalue weighted by atomic mass is 35.5. The van der Waals surface area contributed by atoms with Gasteiger partial charge in [0.15, 0.2) is 0 Å². The summed E-state index contributed by atoms with van der Waals surface area (Å²) in [5, 5.41) is 0. The van der Waals surface area contributed by atoms with Crippen LogP contribution in [0.2, 0.25) is 0 Å². The van der Waals surface area contributed by atoms with Gasteiger partial charge >= 0.3 is 0 Å². The first-order valence-electron chi connectivity index (χ1n) is 4.67. The van der Waals surface area contributed by atoms with Gasteiger partial charge in [0.25, 0.3) is 0 Å². The summed E-state index contributed by atoms with van der Waals surface area (Å²) in [6, 6.07) is 0. The predicted molar refractivity (Wildman–Crippen MR) is 57.0 cm³/mol. The maximum absolute atomic E-state index is 11.3. The molecule has 0 fully saturated rings. The van der Waals surface area contributed by atoms with Crippen molar-refractivity contribution in [2.45, 2.75) is 33.6 Å². The molecule has 78 valence electrons. The van der Waals surface area contributed by atoms with E-state index in [9.17, 15) is 4.79 Å². The fourth-order valence-electron chi connectivity index (χ4n) is 0.900. The molecular weight excluding hydrogens is 186 g/mol. The molecule has 1 amide bonds. The molecule has 0 N–H and O–H groups in total. The molecular formula is C10H20ClNO. The molecule has 0 saturated carbocycles. The van der Waals surface area contributed by atoms with Crippen molar-refractivity contribution in [1.82, 2.24) is 4.90 Å². The van der Waals surface area contributed by atoms with E-state index in [1.807, 2.05) is 7.05 Å². The Balaban J connectivity index is 3.74. The molecule has 0 radical (unpaired) electrons. The summed E-state index contributed by atoms with van der Waals surface area (Å²) in [5.41, 5.74) is 0.287. The zero-order valence-corrected chi connectivity index (χ0v) is 9.82. The second kappa shape index (κ2) is 5.48. The van der Waals surface area contributed by atoms with Crippen LogP contribution in [-0.4, -0.2) is 30.3 Å². The molecule has 0 saturated heterocycles. The molecule has 0 rings (SSSR count). The molecule has 0 aliphatic rings. The zero-order valence-electron chi connectivity index (χ0n) is 9.06. The molecule has 0 heterocycles. The van der Waals surface area contributed by atoms with E-state index in [1.165, 1.54) is 0 Å². The first-order valence-corrected chi connectivity index (χ1v) is 5.20. The number of hydrogen-bond acceptors (Lipinski definition) is 1. The molecule has 0 aromatic carbocycles. The van der Waals surface area contributed by atoms with Crippen LogP contribution in [0.25, 0.3) is 0 Å². The molecule has 0 aliphatic carbocycles. The number of carbonyl (C=O) groups is 1. The van der Waals surface area contributed by atoms with Gasteiger partial charge in [-0.1, -0.05) is 20.8 Å². The van der Waals surface area contributed by atoms with Crippen molar-refractivity contribution in [3.63, 3.8) is 0 Å². The van der Waals surface area contributed by atoms with Gasteiger partial charge < -0.3 is 4.90 Å². The number of halogens is 1. The summed E-state index contributed by atoms with van der Waals surface area (Å²) in [6.07, 6.45) is 1.47. The highest BCUT2D eigenvalue weighted by molar-refractivity contribution is 6.18. The Kier molecular flexibility index (Phi) is 5.38. The standard InChI is InChI=1S/C10H20ClNO/c1-10(2,3)6-8-12(4)9(13)5-7-11/h5-8H2,1-4H3. The highest BCUT2D eigenvalue weighted by Crippen LogP contribution is 2.18. The first kappa shape index (κ1) is 12.8. The van der Waals surface area contributed by atoms with E-state index in [-0.39, 0.29) is 11.3 Å². The highest BCUT2D eigenvalue weighted by Gasteiger charge is 2.13. The van der Waals surface area contributed by atoms with Crippen molar-refractivity contribution >= 4 is 17.5 Å². The van der Waals surface area contributed by atoms with Crippen molar-refractivity contribution in [2.24, 2.45) is 5.41 Å². The predicted octanol–water partition coefficient (Wildman–Crippen LogP) is 2.51. The fourth-order valence-corrected chi connectivity index (χ4v) is 1.06. The SMILES string of the molecule is CN(CCC(C)(C)C)C(=O)CCCl. The van der Waals surface area contributed by atoms with Gasteiger partial charge in [-0.15, -0.1) is 11.6 Å². The van der Waals surface area contributed by atoms with Crippen LogP contribution >= 0.6 is 11.6 Å². The lowest BCUT2D eigenvalue weighted by Crippen LogP contribution is -2.30. The van der Waals surface area contributed by atoms with Gasteiger partial charge in [0.2, 0.25) is 5.91 Å². The minimum absolute atomic E-state index is 0.138. The quantitative estimate of drug-likeness (QED) is 0.646. The molecule has 0 spiro atoms. The van der Waals surface area contributed by atoms with Crippen molar-refractivity contribution in [2.75, 3.05) is 19.5 Å². The molecule has 0 unspecified atom stereocenters. The lowest BCUT2D eigenvalue weighted by Gasteiger charge is -2.23. The molecule has 0 aromatic heterocycles. The second-order valence-electron chi connectivity index (χ2n) is 4.56. The van der Waals surface area contributed by atoms with Crippen molar-refractivity contribution in [3.8, 4) is 0 Å². The molecule has 0 bridgehead atoms. The van der Waals surface area contributed by atoms with E-state index in [1.54, 1.807) is 4.90 Å². The topological polar surface area (TPSA) is 20.3 Å². The maximum atomic E-state index is 11.3. The van der Waals surface area contributed by atoms with E-state index in [0.29, 0.717) is 12.3 Å². The monoisotopic (exact) mass is 205 g/mol. The first-order chi connectivity index (χ1) is 5.87. The average Bonchev–Trinajstić information content (AvgIpc) is 1.99.